The summed E-state index contributed by atoms with van der Waals surface area (Å²) in [7, 11) is 1.92. The first-order chi connectivity index (χ1) is 8.79. The predicted molar refractivity (Wildman–Crippen MR) is 75.5 cm³/mol. The molecule has 0 bridgehead atoms. The predicted octanol–water partition coefficient (Wildman–Crippen LogP) is 3.14. The smallest absolute Gasteiger partial charge is 0.131 e. The molecule has 94 valence electrons. The molecule has 0 amide bonds. The fourth-order valence-electron chi connectivity index (χ4n) is 1.64. The molecule has 1 heterocycles. The van der Waals surface area contributed by atoms with E-state index in [1.54, 1.807) is 6.20 Å². The standard InChI is InChI=1S/C14H15BrN2O/c1-16-9-11-3-2-8-17-14(11)10-18-13-6-4-12(15)5-7-13/h2-8,16H,9-10H2,1H3. The Kier molecular flexibility index (Phi) is 4.73. The van der Waals surface area contributed by atoms with Crippen LogP contribution in [0.5, 0.6) is 5.75 Å². The van der Waals surface area contributed by atoms with Crippen LogP contribution in [0.15, 0.2) is 47.1 Å². The summed E-state index contributed by atoms with van der Waals surface area (Å²) in [6.07, 6.45) is 1.79. The molecule has 1 N–H and O–H groups in total. The van der Waals surface area contributed by atoms with Crippen molar-refractivity contribution in [3.8, 4) is 5.75 Å². The Morgan fingerprint density at radius 2 is 2.00 bits per heavy atom. The highest BCUT2D eigenvalue weighted by molar-refractivity contribution is 9.10. The Morgan fingerprint density at radius 3 is 2.72 bits per heavy atom. The van der Waals surface area contributed by atoms with E-state index < -0.39 is 0 Å². The van der Waals surface area contributed by atoms with E-state index in [-0.39, 0.29) is 0 Å². The van der Waals surface area contributed by atoms with Crippen LogP contribution in [0.1, 0.15) is 11.3 Å². The number of nitrogens with one attached hydrogen (secondary N) is 1. The quantitative estimate of drug-likeness (QED) is 0.921. The van der Waals surface area contributed by atoms with Crippen LogP contribution in [0.25, 0.3) is 0 Å². The second kappa shape index (κ2) is 6.52. The molecule has 0 atom stereocenters. The Balaban J connectivity index is 2.03. The zero-order valence-electron chi connectivity index (χ0n) is 10.2. The number of hydrogen-bond donors (Lipinski definition) is 1. The summed E-state index contributed by atoms with van der Waals surface area (Å²) in [5.41, 5.74) is 2.13. The lowest BCUT2D eigenvalue weighted by Crippen LogP contribution is -2.10. The summed E-state index contributed by atoms with van der Waals surface area (Å²) in [5, 5.41) is 3.13. The van der Waals surface area contributed by atoms with E-state index in [0.717, 1.165) is 28.0 Å². The number of halogens is 1. The van der Waals surface area contributed by atoms with Crippen LogP contribution in [0.4, 0.5) is 0 Å². The molecule has 2 aromatic rings. The van der Waals surface area contributed by atoms with Gasteiger partial charge in [-0.15, -0.1) is 0 Å². The van der Waals surface area contributed by atoms with Crippen molar-refractivity contribution in [3.05, 3.63) is 58.3 Å². The summed E-state index contributed by atoms with van der Waals surface area (Å²) >= 11 is 3.40. The summed E-state index contributed by atoms with van der Waals surface area (Å²) in [4.78, 5) is 4.36. The summed E-state index contributed by atoms with van der Waals surface area (Å²) < 4.78 is 6.77. The largest absolute Gasteiger partial charge is 0.487 e. The maximum atomic E-state index is 5.72. The third kappa shape index (κ3) is 3.55. The van der Waals surface area contributed by atoms with Gasteiger partial charge in [-0.1, -0.05) is 22.0 Å². The Hall–Kier alpha value is -1.39. The van der Waals surface area contributed by atoms with Crippen LogP contribution in [-0.2, 0) is 13.2 Å². The number of benzene rings is 1. The second-order valence-electron chi connectivity index (χ2n) is 3.88. The number of pyridine rings is 1. The Bertz CT molecular complexity index is 499. The number of ether oxygens (including phenoxy) is 1. The van der Waals surface area contributed by atoms with Crippen LogP contribution >= 0.6 is 15.9 Å². The van der Waals surface area contributed by atoms with Gasteiger partial charge in [0.05, 0.1) is 5.69 Å². The van der Waals surface area contributed by atoms with Gasteiger partial charge in [0, 0.05) is 17.2 Å². The van der Waals surface area contributed by atoms with Crippen molar-refractivity contribution in [2.24, 2.45) is 0 Å². The van der Waals surface area contributed by atoms with E-state index in [1.165, 1.54) is 0 Å². The monoisotopic (exact) mass is 306 g/mol. The zero-order chi connectivity index (χ0) is 12.8. The van der Waals surface area contributed by atoms with Gasteiger partial charge in [-0.3, -0.25) is 4.98 Å². The van der Waals surface area contributed by atoms with E-state index in [1.807, 2.05) is 37.4 Å². The number of hydrogen-bond acceptors (Lipinski definition) is 3. The van der Waals surface area contributed by atoms with Crippen molar-refractivity contribution in [1.82, 2.24) is 10.3 Å². The van der Waals surface area contributed by atoms with Gasteiger partial charge in [0.1, 0.15) is 12.4 Å². The van der Waals surface area contributed by atoms with E-state index in [4.69, 9.17) is 4.74 Å². The lowest BCUT2D eigenvalue weighted by molar-refractivity contribution is 0.299. The first kappa shape index (κ1) is 13.1. The summed E-state index contributed by atoms with van der Waals surface area (Å²) in [6.45, 7) is 1.28. The molecule has 0 saturated heterocycles. The Labute approximate surface area is 115 Å². The average Bonchev–Trinajstić information content (AvgIpc) is 2.40. The van der Waals surface area contributed by atoms with Crippen molar-refractivity contribution in [3.63, 3.8) is 0 Å². The fraction of sp³-hybridized carbons (Fsp3) is 0.214. The maximum absolute atomic E-state index is 5.72. The molecule has 0 radical (unpaired) electrons. The van der Waals surface area contributed by atoms with Crippen molar-refractivity contribution in [2.75, 3.05) is 7.05 Å². The van der Waals surface area contributed by atoms with Crippen molar-refractivity contribution in [1.29, 1.82) is 0 Å². The van der Waals surface area contributed by atoms with E-state index in [2.05, 4.69) is 32.3 Å². The van der Waals surface area contributed by atoms with Crippen molar-refractivity contribution in [2.45, 2.75) is 13.2 Å². The van der Waals surface area contributed by atoms with Crippen LogP contribution in [0.3, 0.4) is 0 Å². The van der Waals surface area contributed by atoms with Gasteiger partial charge in [0.25, 0.3) is 0 Å². The molecule has 2 rings (SSSR count). The first-order valence-corrected chi connectivity index (χ1v) is 6.54. The van der Waals surface area contributed by atoms with Gasteiger partial charge in [0.2, 0.25) is 0 Å². The maximum Gasteiger partial charge on any atom is 0.131 e. The van der Waals surface area contributed by atoms with Gasteiger partial charge < -0.3 is 10.1 Å². The second-order valence-corrected chi connectivity index (χ2v) is 4.80. The summed E-state index contributed by atoms with van der Waals surface area (Å²) in [5.74, 6) is 0.847. The third-order valence-corrected chi connectivity index (χ3v) is 3.07. The van der Waals surface area contributed by atoms with Crippen LogP contribution in [-0.4, -0.2) is 12.0 Å². The zero-order valence-corrected chi connectivity index (χ0v) is 11.8. The molecule has 0 unspecified atom stereocenters. The molecule has 0 saturated carbocycles. The number of nitrogens with zero attached hydrogens (tertiary/aromatic N) is 1. The van der Waals surface area contributed by atoms with E-state index >= 15 is 0 Å². The molecular formula is C14H15BrN2O. The molecule has 0 fully saturated rings. The minimum absolute atomic E-state index is 0.486. The van der Waals surface area contributed by atoms with Gasteiger partial charge in [-0.05, 0) is 42.9 Å². The molecule has 18 heavy (non-hydrogen) atoms. The highest BCUT2D eigenvalue weighted by atomic mass is 79.9. The minimum atomic E-state index is 0.486. The molecule has 3 nitrogen and oxygen atoms in total. The molecule has 0 aliphatic heterocycles. The lowest BCUT2D eigenvalue weighted by atomic mass is 10.2. The van der Waals surface area contributed by atoms with Gasteiger partial charge in [0.15, 0.2) is 0 Å². The normalized spacial score (nSPS) is 10.3. The molecule has 1 aromatic carbocycles. The van der Waals surface area contributed by atoms with Crippen LogP contribution in [0, 0.1) is 0 Å². The fourth-order valence-corrected chi connectivity index (χ4v) is 1.90. The first-order valence-electron chi connectivity index (χ1n) is 5.75. The highest BCUT2D eigenvalue weighted by Gasteiger charge is 2.03. The summed E-state index contributed by atoms with van der Waals surface area (Å²) in [6, 6.07) is 11.8. The highest BCUT2D eigenvalue weighted by Crippen LogP contribution is 2.17. The van der Waals surface area contributed by atoms with Crippen molar-refractivity contribution >= 4 is 15.9 Å². The van der Waals surface area contributed by atoms with Crippen LogP contribution in [0.2, 0.25) is 0 Å². The molecule has 0 aliphatic rings. The minimum Gasteiger partial charge on any atom is -0.487 e. The van der Waals surface area contributed by atoms with Gasteiger partial charge in [-0.2, -0.15) is 0 Å². The number of aromatic nitrogens is 1. The van der Waals surface area contributed by atoms with Gasteiger partial charge in [-0.25, -0.2) is 0 Å². The Morgan fingerprint density at radius 1 is 1.22 bits per heavy atom. The molecular weight excluding hydrogens is 292 g/mol. The molecule has 0 aliphatic carbocycles. The van der Waals surface area contributed by atoms with Crippen LogP contribution < -0.4 is 10.1 Å². The average molecular weight is 307 g/mol. The van der Waals surface area contributed by atoms with E-state index in [9.17, 15) is 0 Å². The number of rotatable bonds is 5. The van der Waals surface area contributed by atoms with Gasteiger partial charge >= 0.3 is 0 Å². The third-order valence-electron chi connectivity index (χ3n) is 2.54. The molecule has 1 aromatic heterocycles. The van der Waals surface area contributed by atoms with E-state index in [0.29, 0.717) is 6.61 Å². The van der Waals surface area contributed by atoms with Crippen molar-refractivity contribution < 1.29 is 4.74 Å². The molecule has 4 heteroatoms. The SMILES string of the molecule is CNCc1cccnc1COc1ccc(Br)cc1. The lowest BCUT2D eigenvalue weighted by Gasteiger charge is -2.09. The molecule has 0 spiro atoms. The topological polar surface area (TPSA) is 34.2 Å².